The highest BCUT2D eigenvalue weighted by molar-refractivity contribution is 7.98. The largest absolute Gasteiger partial charge is 0.463 e. The summed E-state index contributed by atoms with van der Waals surface area (Å²) >= 11 is 7.82. The molecule has 0 radical (unpaired) electrons. The maximum Gasteiger partial charge on any atom is 0.330 e. The Bertz CT molecular complexity index is 693. The van der Waals surface area contributed by atoms with Gasteiger partial charge in [-0.3, -0.25) is 0 Å². The molecule has 0 heterocycles. The highest BCUT2D eigenvalue weighted by atomic mass is 35.5. The van der Waals surface area contributed by atoms with Crippen molar-refractivity contribution < 1.29 is 9.53 Å². The lowest BCUT2D eigenvalue weighted by Gasteiger charge is -2.07. The maximum absolute atomic E-state index is 11.5. The topological polar surface area (TPSA) is 26.3 Å². The van der Waals surface area contributed by atoms with Crippen LogP contribution in [0.15, 0.2) is 53.4 Å². The second kappa shape index (κ2) is 8.80. The van der Waals surface area contributed by atoms with Crippen LogP contribution in [-0.4, -0.2) is 12.6 Å². The van der Waals surface area contributed by atoms with Crippen LogP contribution in [-0.2, 0) is 15.3 Å². The van der Waals surface area contributed by atoms with Gasteiger partial charge in [0.15, 0.2) is 0 Å². The highest BCUT2D eigenvalue weighted by Gasteiger charge is 2.04. The number of esters is 1. The predicted molar refractivity (Wildman–Crippen MR) is 97.9 cm³/mol. The molecule has 120 valence electrons. The number of hydrogen-bond acceptors (Lipinski definition) is 3. The molecule has 2 aromatic rings. The molecule has 0 N–H and O–H groups in total. The lowest BCUT2D eigenvalue weighted by molar-refractivity contribution is -0.137. The van der Waals surface area contributed by atoms with Gasteiger partial charge < -0.3 is 4.74 Å². The number of carbonyl (C=O) groups excluding carboxylic acids is 1. The van der Waals surface area contributed by atoms with E-state index in [-0.39, 0.29) is 5.97 Å². The zero-order chi connectivity index (χ0) is 16.7. The van der Waals surface area contributed by atoms with Gasteiger partial charge in [0, 0.05) is 21.7 Å². The molecule has 0 spiro atoms. The summed E-state index contributed by atoms with van der Waals surface area (Å²) in [6.07, 6.45) is 3.20. The number of thioether (sulfide) groups is 1. The average Bonchev–Trinajstić information content (AvgIpc) is 2.54. The standard InChI is InChI=1S/C19H19ClO2S/c1-3-22-19(21)11-7-15-12-17(20)8-6-16(15)13-23-18-9-4-14(2)5-10-18/h4-12H,3,13H2,1-2H3/b11-7+. The Balaban J connectivity index is 2.11. The first-order valence-electron chi connectivity index (χ1n) is 7.41. The Hall–Kier alpha value is -1.71. The third kappa shape index (κ3) is 5.77. The number of halogens is 1. The van der Waals surface area contributed by atoms with Crippen LogP contribution in [0.2, 0.25) is 5.02 Å². The summed E-state index contributed by atoms with van der Waals surface area (Å²) in [7, 11) is 0. The summed E-state index contributed by atoms with van der Waals surface area (Å²) in [5.41, 5.74) is 3.31. The lowest BCUT2D eigenvalue weighted by Crippen LogP contribution is -1.99. The summed E-state index contributed by atoms with van der Waals surface area (Å²) in [4.78, 5) is 12.7. The van der Waals surface area contributed by atoms with E-state index >= 15 is 0 Å². The van der Waals surface area contributed by atoms with Crippen LogP contribution in [0.4, 0.5) is 0 Å². The number of ether oxygens (including phenoxy) is 1. The van der Waals surface area contributed by atoms with Gasteiger partial charge in [-0.15, -0.1) is 11.8 Å². The molecular weight excluding hydrogens is 328 g/mol. The zero-order valence-electron chi connectivity index (χ0n) is 13.2. The molecule has 0 unspecified atom stereocenters. The molecule has 0 saturated heterocycles. The number of rotatable bonds is 6. The third-order valence-electron chi connectivity index (χ3n) is 3.21. The fraction of sp³-hybridized carbons (Fsp3) is 0.211. The van der Waals surface area contributed by atoms with E-state index in [0.29, 0.717) is 11.6 Å². The Morgan fingerprint density at radius 3 is 2.65 bits per heavy atom. The lowest BCUT2D eigenvalue weighted by atomic mass is 10.1. The van der Waals surface area contributed by atoms with Crippen molar-refractivity contribution in [2.45, 2.75) is 24.5 Å². The summed E-state index contributed by atoms with van der Waals surface area (Å²) in [5.74, 6) is 0.465. The number of benzene rings is 2. The van der Waals surface area contributed by atoms with Crippen LogP contribution in [0, 0.1) is 6.92 Å². The first-order valence-corrected chi connectivity index (χ1v) is 8.77. The van der Waals surface area contributed by atoms with Crippen molar-refractivity contribution in [1.82, 2.24) is 0 Å². The van der Waals surface area contributed by atoms with Crippen LogP contribution in [0.25, 0.3) is 6.08 Å². The van der Waals surface area contributed by atoms with E-state index < -0.39 is 0 Å². The molecule has 0 aliphatic carbocycles. The van der Waals surface area contributed by atoms with Crippen LogP contribution in [0.3, 0.4) is 0 Å². The smallest absolute Gasteiger partial charge is 0.330 e. The van der Waals surface area contributed by atoms with E-state index in [2.05, 4.69) is 31.2 Å². The minimum atomic E-state index is -0.343. The van der Waals surface area contributed by atoms with Gasteiger partial charge in [0.25, 0.3) is 0 Å². The number of hydrogen-bond donors (Lipinski definition) is 0. The van der Waals surface area contributed by atoms with Gasteiger partial charge in [-0.1, -0.05) is 35.4 Å². The average molecular weight is 347 g/mol. The van der Waals surface area contributed by atoms with Crippen molar-refractivity contribution in [2.24, 2.45) is 0 Å². The van der Waals surface area contributed by atoms with Crippen LogP contribution in [0.5, 0.6) is 0 Å². The third-order valence-corrected chi connectivity index (χ3v) is 4.50. The molecule has 0 bridgehead atoms. The maximum atomic E-state index is 11.5. The summed E-state index contributed by atoms with van der Waals surface area (Å²) in [6.45, 7) is 4.23. The van der Waals surface area contributed by atoms with Gasteiger partial charge in [-0.2, -0.15) is 0 Å². The van der Waals surface area contributed by atoms with Crippen LogP contribution in [0.1, 0.15) is 23.6 Å². The quantitative estimate of drug-likeness (QED) is 0.391. The molecule has 2 aromatic carbocycles. The summed E-state index contributed by atoms with van der Waals surface area (Å²) < 4.78 is 4.91. The first-order chi connectivity index (χ1) is 11.1. The van der Waals surface area contributed by atoms with Crippen LogP contribution < -0.4 is 0 Å². The summed E-state index contributed by atoms with van der Waals surface area (Å²) in [5, 5.41) is 0.651. The van der Waals surface area contributed by atoms with E-state index in [9.17, 15) is 4.79 Å². The van der Waals surface area contributed by atoms with E-state index in [4.69, 9.17) is 16.3 Å². The van der Waals surface area contributed by atoms with Gasteiger partial charge in [0.1, 0.15) is 0 Å². The molecule has 0 aromatic heterocycles. The number of carbonyl (C=O) groups is 1. The summed E-state index contributed by atoms with van der Waals surface area (Å²) in [6, 6.07) is 14.2. The fourth-order valence-electron chi connectivity index (χ4n) is 2.00. The Morgan fingerprint density at radius 2 is 1.96 bits per heavy atom. The van der Waals surface area contributed by atoms with Crippen molar-refractivity contribution in [3.8, 4) is 0 Å². The molecule has 2 nitrogen and oxygen atoms in total. The molecule has 0 saturated carbocycles. The Labute approximate surface area is 146 Å². The zero-order valence-corrected chi connectivity index (χ0v) is 14.8. The molecule has 0 fully saturated rings. The minimum absolute atomic E-state index is 0.343. The van der Waals surface area contributed by atoms with Gasteiger partial charge in [-0.05, 0) is 55.3 Å². The Morgan fingerprint density at radius 1 is 1.22 bits per heavy atom. The van der Waals surface area contributed by atoms with Crippen molar-refractivity contribution >= 4 is 35.4 Å². The highest BCUT2D eigenvalue weighted by Crippen LogP contribution is 2.27. The van der Waals surface area contributed by atoms with Crippen molar-refractivity contribution in [3.63, 3.8) is 0 Å². The van der Waals surface area contributed by atoms with E-state index in [1.807, 2.05) is 18.2 Å². The molecule has 0 aliphatic rings. The predicted octanol–water partition coefficient (Wildman–Crippen LogP) is 5.52. The molecule has 23 heavy (non-hydrogen) atoms. The van der Waals surface area contributed by atoms with Gasteiger partial charge >= 0.3 is 5.97 Å². The Kier molecular flexibility index (Phi) is 6.75. The van der Waals surface area contributed by atoms with Crippen molar-refractivity contribution in [2.75, 3.05) is 6.61 Å². The normalized spacial score (nSPS) is 10.9. The van der Waals surface area contributed by atoms with Gasteiger partial charge in [0.2, 0.25) is 0 Å². The van der Waals surface area contributed by atoms with Crippen molar-refractivity contribution in [3.05, 3.63) is 70.3 Å². The van der Waals surface area contributed by atoms with E-state index in [0.717, 1.165) is 16.9 Å². The molecule has 2 rings (SSSR count). The monoisotopic (exact) mass is 346 g/mol. The number of aryl methyl sites for hydroxylation is 1. The van der Waals surface area contributed by atoms with Crippen molar-refractivity contribution in [1.29, 1.82) is 0 Å². The molecule has 4 heteroatoms. The van der Waals surface area contributed by atoms with E-state index in [1.165, 1.54) is 16.5 Å². The minimum Gasteiger partial charge on any atom is -0.463 e. The second-order valence-electron chi connectivity index (χ2n) is 5.03. The van der Waals surface area contributed by atoms with Gasteiger partial charge in [-0.25, -0.2) is 4.79 Å². The molecule has 0 amide bonds. The molecular formula is C19H19ClO2S. The van der Waals surface area contributed by atoms with Crippen LogP contribution >= 0.6 is 23.4 Å². The molecule has 0 atom stereocenters. The van der Waals surface area contributed by atoms with E-state index in [1.54, 1.807) is 24.8 Å². The molecule has 0 aliphatic heterocycles. The fourth-order valence-corrected chi connectivity index (χ4v) is 3.09. The SMILES string of the molecule is CCOC(=O)/C=C/c1cc(Cl)ccc1CSc1ccc(C)cc1. The second-order valence-corrected chi connectivity index (χ2v) is 6.52. The van der Waals surface area contributed by atoms with Gasteiger partial charge in [0.05, 0.1) is 6.61 Å². The first kappa shape index (κ1) is 17.6.